The number of carbonyl (C=O) groups is 1. The maximum absolute atomic E-state index is 12.3. The van der Waals surface area contributed by atoms with Crippen molar-refractivity contribution in [3.05, 3.63) is 68.5 Å². The van der Waals surface area contributed by atoms with E-state index in [0.717, 1.165) is 6.42 Å². The van der Waals surface area contributed by atoms with E-state index in [1.807, 2.05) is 23.1 Å². The van der Waals surface area contributed by atoms with Crippen molar-refractivity contribution in [3.8, 4) is 0 Å². The summed E-state index contributed by atoms with van der Waals surface area (Å²) >= 11 is 0. The predicted octanol–water partition coefficient (Wildman–Crippen LogP) is 0.512. The number of rotatable bonds is 3. The smallest absolute Gasteiger partial charge is 0.328 e. The number of H-pyrrole nitrogens is 1. The lowest BCUT2D eigenvalue weighted by molar-refractivity contribution is -0.132. The summed E-state index contributed by atoms with van der Waals surface area (Å²) in [7, 11) is 0. The lowest BCUT2D eigenvalue weighted by Crippen LogP contribution is -2.37. The fourth-order valence-corrected chi connectivity index (χ4v) is 2.70. The van der Waals surface area contributed by atoms with Gasteiger partial charge in [-0.2, -0.15) is 0 Å². The number of amides is 1. The van der Waals surface area contributed by atoms with Crippen LogP contribution in [-0.4, -0.2) is 26.9 Å². The molecule has 0 unspecified atom stereocenters. The third kappa shape index (κ3) is 3.00. The molecule has 0 spiro atoms. The number of fused-ring (bicyclic) bond motifs is 1. The highest BCUT2D eigenvalue weighted by Gasteiger charge is 2.20. The van der Waals surface area contributed by atoms with Crippen molar-refractivity contribution in [3.63, 3.8) is 0 Å². The molecule has 114 valence electrons. The Kier molecular flexibility index (Phi) is 3.91. The fraction of sp³-hybridized carbons (Fsp3) is 0.312. The van der Waals surface area contributed by atoms with Crippen molar-refractivity contribution >= 4 is 5.91 Å². The number of aromatic amines is 1. The van der Waals surface area contributed by atoms with E-state index < -0.39 is 11.2 Å². The van der Waals surface area contributed by atoms with Crippen LogP contribution in [-0.2, 0) is 24.3 Å². The fourth-order valence-electron chi connectivity index (χ4n) is 2.70. The van der Waals surface area contributed by atoms with E-state index in [1.54, 1.807) is 0 Å². The molecule has 0 radical (unpaired) electrons. The van der Waals surface area contributed by atoms with Crippen molar-refractivity contribution in [2.24, 2.45) is 0 Å². The number of benzene rings is 1. The first-order chi connectivity index (χ1) is 10.6. The van der Waals surface area contributed by atoms with E-state index in [0.29, 0.717) is 13.1 Å². The van der Waals surface area contributed by atoms with Gasteiger partial charge in [-0.05, 0) is 17.5 Å². The molecule has 1 aromatic heterocycles. The van der Waals surface area contributed by atoms with Crippen LogP contribution in [0.1, 0.15) is 17.5 Å². The molecule has 0 saturated heterocycles. The van der Waals surface area contributed by atoms with Crippen molar-refractivity contribution in [1.29, 1.82) is 0 Å². The number of nitrogens with one attached hydrogen (secondary N) is 1. The predicted molar refractivity (Wildman–Crippen MR) is 81.5 cm³/mol. The van der Waals surface area contributed by atoms with E-state index in [4.69, 9.17) is 0 Å². The Morgan fingerprint density at radius 3 is 2.68 bits per heavy atom. The molecule has 1 amide bonds. The molecule has 3 rings (SSSR count). The maximum Gasteiger partial charge on any atom is 0.328 e. The summed E-state index contributed by atoms with van der Waals surface area (Å²) in [4.78, 5) is 38.9. The topological polar surface area (TPSA) is 75.2 Å². The monoisotopic (exact) mass is 299 g/mol. The molecule has 0 saturated carbocycles. The Balaban J connectivity index is 1.63. The Bertz CT molecular complexity index is 807. The van der Waals surface area contributed by atoms with Gasteiger partial charge in [0.15, 0.2) is 0 Å². The summed E-state index contributed by atoms with van der Waals surface area (Å²) in [5, 5.41) is 0. The normalized spacial score (nSPS) is 13.7. The Hall–Kier alpha value is -2.63. The summed E-state index contributed by atoms with van der Waals surface area (Å²) in [6, 6.07) is 9.41. The Labute approximate surface area is 127 Å². The minimum atomic E-state index is -0.482. The number of aromatic nitrogens is 2. The van der Waals surface area contributed by atoms with Crippen molar-refractivity contribution in [1.82, 2.24) is 14.5 Å². The zero-order valence-electron chi connectivity index (χ0n) is 12.1. The number of nitrogens with zero attached hydrogens (tertiary/aromatic N) is 2. The largest absolute Gasteiger partial charge is 0.338 e. The van der Waals surface area contributed by atoms with Gasteiger partial charge in [0, 0.05) is 38.3 Å². The number of aryl methyl sites for hydroxylation is 1. The average molecular weight is 299 g/mol. The van der Waals surface area contributed by atoms with Crippen LogP contribution in [0.5, 0.6) is 0 Å². The van der Waals surface area contributed by atoms with E-state index in [1.165, 1.54) is 28.0 Å². The molecule has 0 aliphatic carbocycles. The van der Waals surface area contributed by atoms with Crippen LogP contribution in [0, 0.1) is 0 Å². The third-order valence-electron chi connectivity index (χ3n) is 3.95. The minimum absolute atomic E-state index is 0.0209. The van der Waals surface area contributed by atoms with E-state index in [2.05, 4.69) is 11.1 Å². The first-order valence-corrected chi connectivity index (χ1v) is 7.28. The highest BCUT2D eigenvalue weighted by atomic mass is 16.2. The van der Waals surface area contributed by atoms with Crippen LogP contribution in [0.25, 0.3) is 0 Å². The number of hydrogen-bond acceptors (Lipinski definition) is 3. The summed E-state index contributed by atoms with van der Waals surface area (Å²) in [6.07, 6.45) is 2.52. The quantitative estimate of drug-likeness (QED) is 0.897. The molecule has 2 heterocycles. The lowest BCUT2D eigenvalue weighted by atomic mass is 10.00. The van der Waals surface area contributed by atoms with Gasteiger partial charge in [-0.25, -0.2) is 4.79 Å². The second-order valence-corrected chi connectivity index (χ2v) is 5.39. The lowest BCUT2D eigenvalue weighted by Gasteiger charge is -2.29. The van der Waals surface area contributed by atoms with Crippen molar-refractivity contribution in [2.45, 2.75) is 25.9 Å². The van der Waals surface area contributed by atoms with Crippen LogP contribution in [0.15, 0.2) is 46.1 Å². The Morgan fingerprint density at radius 2 is 1.91 bits per heavy atom. The van der Waals surface area contributed by atoms with Crippen LogP contribution in [0.4, 0.5) is 0 Å². The van der Waals surface area contributed by atoms with E-state index >= 15 is 0 Å². The second kappa shape index (κ2) is 6.01. The summed E-state index contributed by atoms with van der Waals surface area (Å²) in [6.45, 7) is 1.60. The molecule has 0 bridgehead atoms. The SMILES string of the molecule is O=C(CCn1ccc(=O)[nH]c1=O)N1CCc2ccccc2C1. The minimum Gasteiger partial charge on any atom is -0.338 e. The summed E-state index contributed by atoms with van der Waals surface area (Å²) < 4.78 is 1.34. The van der Waals surface area contributed by atoms with E-state index in [-0.39, 0.29) is 18.9 Å². The highest BCUT2D eigenvalue weighted by Crippen LogP contribution is 2.18. The van der Waals surface area contributed by atoms with Crippen LogP contribution < -0.4 is 11.2 Å². The van der Waals surface area contributed by atoms with Gasteiger partial charge in [-0.1, -0.05) is 24.3 Å². The summed E-state index contributed by atoms with van der Waals surface area (Å²) in [5.74, 6) is 0.0209. The molecule has 2 aromatic rings. The number of hydrogen-bond donors (Lipinski definition) is 1. The van der Waals surface area contributed by atoms with Gasteiger partial charge in [0.1, 0.15) is 0 Å². The van der Waals surface area contributed by atoms with Crippen molar-refractivity contribution < 1.29 is 4.79 Å². The molecule has 1 aliphatic heterocycles. The molecule has 0 atom stereocenters. The van der Waals surface area contributed by atoms with Crippen LogP contribution in [0.3, 0.4) is 0 Å². The molecule has 0 fully saturated rings. The molecule has 1 aromatic carbocycles. The maximum atomic E-state index is 12.3. The molecule has 22 heavy (non-hydrogen) atoms. The first kappa shape index (κ1) is 14.3. The standard InChI is InChI=1S/C16H17N3O3/c20-14-6-9-18(16(22)17-14)10-7-15(21)19-8-5-12-3-1-2-4-13(12)11-19/h1-4,6,9H,5,7-8,10-11H2,(H,17,20,22). The molecule has 1 aliphatic rings. The summed E-state index contributed by atoms with van der Waals surface area (Å²) in [5.41, 5.74) is 1.57. The molecular formula is C16H17N3O3. The van der Waals surface area contributed by atoms with Crippen molar-refractivity contribution in [2.75, 3.05) is 6.54 Å². The van der Waals surface area contributed by atoms with Gasteiger partial charge < -0.3 is 9.47 Å². The molecule has 6 nitrogen and oxygen atoms in total. The average Bonchev–Trinajstić information content (AvgIpc) is 2.53. The highest BCUT2D eigenvalue weighted by molar-refractivity contribution is 5.76. The zero-order chi connectivity index (χ0) is 15.5. The van der Waals surface area contributed by atoms with Gasteiger partial charge in [-0.3, -0.25) is 14.6 Å². The van der Waals surface area contributed by atoms with Gasteiger partial charge in [-0.15, -0.1) is 0 Å². The molecular weight excluding hydrogens is 282 g/mol. The van der Waals surface area contributed by atoms with Gasteiger partial charge in [0.2, 0.25) is 5.91 Å². The van der Waals surface area contributed by atoms with Gasteiger partial charge in [0.05, 0.1) is 0 Å². The van der Waals surface area contributed by atoms with Crippen LogP contribution in [0.2, 0.25) is 0 Å². The Morgan fingerprint density at radius 1 is 1.14 bits per heavy atom. The number of carbonyl (C=O) groups excluding carboxylic acids is 1. The third-order valence-corrected chi connectivity index (χ3v) is 3.95. The second-order valence-electron chi connectivity index (χ2n) is 5.39. The molecule has 1 N–H and O–H groups in total. The van der Waals surface area contributed by atoms with Crippen LogP contribution >= 0.6 is 0 Å². The van der Waals surface area contributed by atoms with Gasteiger partial charge >= 0.3 is 5.69 Å². The molecule has 6 heteroatoms. The van der Waals surface area contributed by atoms with E-state index in [9.17, 15) is 14.4 Å². The van der Waals surface area contributed by atoms with Gasteiger partial charge in [0.25, 0.3) is 5.56 Å². The first-order valence-electron chi connectivity index (χ1n) is 7.28. The zero-order valence-corrected chi connectivity index (χ0v) is 12.1.